The first-order valence-corrected chi connectivity index (χ1v) is 19.6. The van der Waals surface area contributed by atoms with Gasteiger partial charge in [-0.15, -0.1) is 0 Å². The lowest BCUT2D eigenvalue weighted by Gasteiger charge is -2.18. The van der Waals surface area contributed by atoms with Crippen LogP contribution in [0, 0.1) is 0 Å². The molecule has 2 aromatic heterocycles. The summed E-state index contributed by atoms with van der Waals surface area (Å²) in [6.45, 7) is 0. The fourth-order valence-electron chi connectivity index (χ4n) is 8.18. The molecular weight excluding hydrogens is 733 g/mol. The van der Waals surface area contributed by atoms with Gasteiger partial charge in [0.1, 0.15) is 0 Å². The highest BCUT2D eigenvalue weighted by molar-refractivity contribution is 14.2. The van der Waals surface area contributed by atoms with E-state index in [4.69, 9.17) is 4.99 Å². The van der Waals surface area contributed by atoms with Crippen LogP contribution in [0.5, 0.6) is 0 Å². The lowest BCUT2D eigenvalue weighted by atomic mass is 9.97. The lowest BCUT2D eigenvalue weighted by molar-refractivity contribution is 1.18. The molecule has 3 nitrogen and oxygen atoms in total. The molecule has 0 spiro atoms. The average Bonchev–Trinajstić information content (AvgIpc) is 3.85. The predicted octanol–water partition coefficient (Wildman–Crippen LogP) is 12.0. The van der Waals surface area contributed by atoms with E-state index in [1.54, 1.807) is 0 Å². The van der Waals surface area contributed by atoms with Gasteiger partial charge in [0.15, 0.2) is 3.76 Å². The van der Waals surface area contributed by atoms with E-state index in [1.165, 1.54) is 95.7 Å². The highest BCUT2D eigenvalue weighted by Crippen LogP contribution is 2.47. The number of benzene rings is 7. The second-order valence-corrected chi connectivity index (χ2v) is 15.9. The molecule has 2 aliphatic rings. The van der Waals surface area contributed by atoms with Crippen molar-refractivity contribution in [3.05, 3.63) is 187 Å². The molecule has 240 valence electrons. The molecule has 51 heavy (non-hydrogen) atoms. The number of nitrogens with zero attached hydrogens (tertiary/aromatic N) is 3. The van der Waals surface area contributed by atoms with E-state index in [0.29, 0.717) is 0 Å². The average molecular weight is 764 g/mol. The Morgan fingerprint density at radius 1 is 0.451 bits per heavy atom. The molecule has 0 radical (unpaired) electrons. The van der Waals surface area contributed by atoms with Crippen molar-refractivity contribution in [2.45, 2.75) is 6.42 Å². The van der Waals surface area contributed by atoms with Crippen LogP contribution in [0.2, 0.25) is 0 Å². The van der Waals surface area contributed by atoms with Crippen molar-refractivity contribution in [1.29, 1.82) is 0 Å². The van der Waals surface area contributed by atoms with Gasteiger partial charge in [0, 0.05) is 42.8 Å². The summed E-state index contributed by atoms with van der Waals surface area (Å²) in [5, 5.41) is 5.11. The zero-order chi connectivity index (χ0) is 33.5. The van der Waals surface area contributed by atoms with Crippen molar-refractivity contribution in [3.8, 4) is 16.8 Å². The van der Waals surface area contributed by atoms with Gasteiger partial charge in [-0.3, -0.25) is 4.57 Å². The third-order valence-electron chi connectivity index (χ3n) is 10.5. The number of halogens is 1. The largest absolute Gasteiger partial charge is 0.309 e. The van der Waals surface area contributed by atoms with Crippen LogP contribution in [-0.2, 0) is 6.42 Å². The Labute approximate surface area is 305 Å². The third kappa shape index (κ3) is 4.42. The Morgan fingerprint density at radius 2 is 1.00 bits per heavy atom. The number of rotatable bonds is 4. The number of allylic oxidation sites excluding steroid dienone is 1. The van der Waals surface area contributed by atoms with Crippen LogP contribution in [0.3, 0.4) is 0 Å². The zero-order valence-corrected chi connectivity index (χ0v) is 29.8. The summed E-state index contributed by atoms with van der Waals surface area (Å²) < 4.78 is 7.47. The third-order valence-corrected chi connectivity index (χ3v) is 13.4. The number of aliphatic imine (C=N–C) groups is 1. The molecule has 0 unspecified atom stereocenters. The summed E-state index contributed by atoms with van der Waals surface area (Å²) in [6.07, 6.45) is 0.843. The molecule has 11 rings (SSSR count). The second kappa shape index (κ2) is 11.3. The highest BCUT2D eigenvalue weighted by atomic mass is 127. The molecule has 0 bridgehead atoms. The fourth-order valence-corrected chi connectivity index (χ4v) is 11.4. The summed E-state index contributed by atoms with van der Waals surface area (Å²) in [5.74, 6) is 0. The standard InChI is InChI=1S/C47H30IN3/c1-3-13-30(14-4-1)46-45-38-27-31(32-25-26-44-39(28-32)37-19-9-10-20-41(37)50(44)34-15-5-2-6-16-34)23-24-33(38)29-40(45)49-47(48-46)51-42-21-11-7-17-35(42)36-18-8-12-22-43(36)51/h1-28H,29H2. The van der Waals surface area contributed by atoms with Crippen LogP contribution in [0.1, 0.15) is 16.7 Å². The molecule has 0 N–H and O–H groups in total. The maximum atomic E-state index is 5.57. The van der Waals surface area contributed by atoms with Gasteiger partial charge in [0.05, 0.1) is 27.8 Å². The normalized spacial score (nSPS) is 14.1. The quantitative estimate of drug-likeness (QED) is 0.159. The molecule has 0 amide bonds. The van der Waals surface area contributed by atoms with Gasteiger partial charge < -0.3 is 4.57 Å². The van der Waals surface area contributed by atoms with Gasteiger partial charge in [-0.2, -0.15) is 0 Å². The minimum Gasteiger partial charge on any atom is -0.309 e. The Kier molecular flexibility index (Phi) is 6.43. The van der Waals surface area contributed by atoms with Gasteiger partial charge in [-0.05, 0) is 97.1 Å². The molecular formula is C47H30IN3. The Hall–Kier alpha value is -5.85. The number of hydrogen-bond acceptors (Lipinski definition) is 1. The Bertz CT molecular complexity index is 2920. The molecule has 0 atom stereocenters. The van der Waals surface area contributed by atoms with Crippen molar-refractivity contribution < 1.29 is 0 Å². The minimum absolute atomic E-state index is 0.618. The van der Waals surface area contributed by atoms with E-state index in [2.05, 4.69) is 179 Å². The van der Waals surface area contributed by atoms with Crippen molar-refractivity contribution in [2.24, 2.45) is 4.99 Å². The summed E-state index contributed by atoms with van der Waals surface area (Å²) >= 11 is -0.618. The van der Waals surface area contributed by atoms with Crippen molar-refractivity contribution >= 4 is 83.0 Å². The fraction of sp³-hybridized carbons (Fsp3) is 0.0213. The van der Waals surface area contributed by atoms with Gasteiger partial charge in [0.2, 0.25) is 0 Å². The molecule has 0 saturated carbocycles. The summed E-state index contributed by atoms with van der Waals surface area (Å²) in [5.41, 5.74) is 15.1. The van der Waals surface area contributed by atoms with Gasteiger partial charge in [-0.25, -0.2) is 4.99 Å². The maximum Gasteiger partial charge on any atom is 0.171 e. The molecule has 0 fully saturated rings. The molecule has 1 aliphatic carbocycles. The van der Waals surface area contributed by atoms with Crippen LogP contribution < -0.4 is 0 Å². The lowest BCUT2D eigenvalue weighted by Crippen LogP contribution is -2.13. The number of hydrogen-bond donors (Lipinski definition) is 0. The van der Waals surface area contributed by atoms with Crippen LogP contribution in [0.15, 0.2) is 175 Å². The summed E-state index contributed by atoms with van der Waals surface area (Å²) in [7, 11) is 0. The molecule has 3 heterocycles. The Morgan fingerprint density at radius 3 is 1.71 bits per heavy atom. The first-order chi connectivity index (χ1) is 25.3. The minimum atomic E-state index is -0.618. The van der Waals surface area contributed by atoms with Gasteiger partial charge in [0.25, 0.3) is 0 Å². The van der Waals surface area contributed by atoms with Crippen LogP contribution in [-0.4, -0.2) is 18.6 Å². The topological polar surface area (TPSA) is 22.2 Å². The van der Waals surface area contributed by atoms with Crippen LogP contribution >= 0.6 is 20.7 Å². The van der Waals surface area contributed by atoms with E-state index in [9.17, 15) is 0 Å². The van der Waals surface area contributed by atoms with Crippen molar-refractivity contribution in [2.75, 3.05) is 0 Å². The van der Waals surface area contributed by atoms with E-state index in [1.807, 2.05) is 0 Å². The molecule has 0 saturated heterocycles. The van der Waals surface area contributed by atoms with E-state index >= 15 is 0 Å². The van der Waals surface area contributed by atoms with Crippen LogP contribution in [0.4, 0.5) is 0 Å². The zero-order valence-electron chi connectivity index (χ0n) is 27.6. The first-order valence-electron chi connectivity index (χ1n) is 17.4. The highest BCUT2D eigenvalue weighted by Gasteiger charge is 2.31. The van der Waals surface area contributed by atoms with Crippen molar-refractivity contribution in [1.82, 2.24) is 9.13 Å². The molecule has 4 heteroatoms. The first kappa shape index (κ1) is 28.9. The molecule has 7 aromatic carbocycles. The van der Waals surface area contributed by atoms with E-state index in [-0.39, 0.29) is 0 Å². The van der Waals surface area contributed by atoms with E-state index < -0.39 is 20.7 Å². The smallest absolute Gasteiger partial charge is 0.171 e. The predicted molar refractivity (Wildman–Crippen MR) is 224 cm³/mol. The summed E-state index contributed by atoms with van der Waals surface area (Å²) in [6, 6.07) is 62.1. The summed E-state index contributed by atoms with van der Waals surface area (Å²) in [4.78, 5) is 5.57. The van der Waals surface area contributed by atoms with Gasteiger partial charge in [-0.1, -0.05) is 121 Å². The number of aromatic nitrogens is 2. The number of fused-ring (bicyclic) bond motifs is 9. The van der Waals surface area contributed by atoms with E-state index in [0.717, 1.165) is 6.42 Å². The van der Waals surface area contributed by atoms with Gasteiger partial charge >= 0.3 is 0 Å². The second-order valence-electron chi connectivity index (χ2n) is 13.3. The van der Waals surface area contributed by atoms with Crippen LogP contribution in [0.25, 0.3) is 69.6 Å². The SMILES string of the molecule is c1ccc(C2=C3C(=NC(n4c5ccccc5c5ccccc54)=I2)Cc2ccc(-c4ccc5c(c4)c4ccccc4n5-c4ccccc4)cc23)cc1. The monoisotopic (exact) mass is 763 g/mol. The number of para-hydroxylation sites is 4. The molecule has 1 aliphatic heterocycles. The van der Waals surface area contributed by atoms with Crippen molar-refractivity contribution in [3.63, 3.8) is 0 Å². The maximum absolute atomic E-state index is 5.57. The Balaban J connectivity index is 1.10. The molecule has 9 aromatic rings.